The summed E-state index contributed by atoms with van der Waals surface area (Å²) in [6, 6.07) is 11.6. The summed E-state index contributed by atoms with van der Waals surface area (Å²) in [5, 5.41) is 0. The normalized spacial score (nSPS) is 11.3. The average molecular weight is 337 g/mol. The molecule has 0 atom stereocenters. The second-order valence-electron chi connectivity index (χ2n) is 5.12. The predicted octanol–water partition coefficient (Wildman–Crippen LogP) is 5.15. The molecule has 5 heteroatoms. The summed E-state index contributed by atoms with van der Waals surface area (Å²) in [4.78, 5) is 0. The molecule has 2 rings (SSSR count). The highest BCUT2D eigenvalue weighted by molar-refractivity contribution is 8.70. The number of aryl methyl sites for hydroxylation is 4. The summed E-state index contributed by atoms with van der Waals surface area (Å²) in [6.45, 7) is 8.15. The number of benzene rings is 2. The zero-order valence-corrected chi connectivity index (χ0v) is 15.1. The highest BCUT2D eigenvalue weighted by Gasteiger charge is 2.15. The van der Waals surface area contributed by atoms with Crippen LogP contribution in [0.2, 0.25) is 0 Å². The van der Waals surface area contributed by atoms with E-state index in [1.807, 2.05) is 50.2 Å². The number of hydrogen-bond acceptors (Lipinski definition) is 4. The molecule has 0 bridgehead atoms. The van der Waals surface area contributed by atoms with Gasteiger partial charge in [-0.15, -0.1) is 0 Å². The van der Waals surface area contributed by atoms with E-state index in [2.05, 4.69) is 13.8 Å². The Morgan fingerprint density at radius 3 is 1.38 bits per heavy atom. The van der Waals surface area contributed by atoms with Crippen LogP contribution in [0.5, 0.6) is 11.5 Å². The maximum Gasteiger partial charge on any atom is 0.173 e. The van der Waals surface area contributed by atoms with Gasteiger partial charge in [-0.1, -0.05) is 12.1 Å². The summed E-state index contributed by atoms with van der Waals surface area (Å²) in [6.07, 6.45) is -2.79. The van der Waals surface area contributed by atoms with Gasteiger partial charge in [-0.05, 0) is 74.2 Å². The van der Waals surface area contributed by atoms with Crippen molar-refractivity contribution in [1.29, 1.82) is 0 Å². The first-order valence-corrected chi connectivity index (χ1v) is 10.3. The summed E-state index contributed by atoms with van der Waals surface area (Å²) in [5.74, 6) is 1.33. The van der Waals surface area contributed by atoms with E-state index in [1.54, 1.807) is 0 Å². The molecular weight excluding hydrogens is 319 g/mol. The molecular formula is C16H18O2PS2-. The molecule has 0 radical (unpaired) electrons. The molecule has 0 aliphatic carbocycles. The molecule has 0 saturated heterocycles. The first-order chi connectivity index (χ1) is 9.77. The fraction of sp³-hybridized carbons (Fsp3) is 0.250. The van der Waals surface area contributed by atoms with E-state index in [-0.39, 0.29) is 0 Å². The lowest BCUT2D eigenvalue weighted by molar-refractivity contribution is 0.503. The molecule has 21 heavy (non-hydrogen) atoms. The van der Waals surface area contributed by atoms with Crippen LogP contribution in [0.15, 0.2) is 36.4 Å². The van der Waals surface area contributed by atoms with E-state index in [0.29, 0.717) is 11.5 Å². The predicted molar refractivity (Wildman–Crippen MR) is 94.7 cm³/mol. The molecule has 0 aromatic heterocycles. The lowest BCUT2D eigenvalue weighted by Gasteiger charge is -2.34. The summed E-state index contributed by atoms with van der Waals surface area (Å²) >= 11 is 10.7. The van der Waals surface area contributed by atoms with Crippen molar-refractivity contribution in [2.75, 3.05) is 0 Å². The molecule has 2 aromatic rings. The van der Waals surface area contributed by atoms with Gasteiger partial charge in [0.2, 0.25) is 0 Å². The van der Waals surface area contributed by atoms with Gasteiger partial charge in [-0.25, -0.2) is 0 Å². The smallest absolute Gasteiger partial charge is 0.173 e. The Kier molecular flexibility index (Phi) is 5.13. The Morgan fingerprint density at radius 1 is 0.667 bits per heavy atom. The standard InChI is InChI=1S/C16H19O2PS2/c1-11-5-7-15(9-13(11)3)17-19(20,21)18-16-8-6-12(2)14(4)10-16/h5-10H,1-4H3,(H,20,21)/p-1. The Bertz CT molecular complexity index is 601. The van der Waals surface area contributed by atoms with E-state index < -0.39 is 6.12 Å². The minimum Gasteiger partial charge on any atom is -0.496 e. The fourth-order valence-electron chi connectivity index (χ4n) is 1.82. The average Bonchev–Trinajstić information content (AvgIpc) is 2.37. The summed E-state index contributed by atoms with van der Waals surface area (Å²) in [5.41, 5.74) is 4.69. The van der Waals surface area contributed by atoms with E-state index in [1.165, 1.54) is 11.1 Å². The molecule has 0 fully saturated rings. The van der Waals surface area contributed by atoms with E-state index in [0.717, 1.165) is 11.1 Å². The fourth-order valence-corrected chi connectivity index (χ4v) is 3.63. The van der Waals surface area contributed by atoms with Gasteiger partial charge in [-0.2, -0.15) is 0 Å². The zero-order valence-electron chi connectivity index (χ0n) is 12.5. The molecule has 0 heterocycles. The minimum absolute atomic E-state index is 0.667. The lowest BCUT2D eigenvalue weighted by Crippen LogP contribution is -2.03. The zero-order chi connectivity index (χ0) is 15.6. The molecule has 0 aliphatic heterocycles. The topological polar surface area (TPSA) is 18.5 Å². The van der Waals surface area contributed by atoms with Crippen molar-refractivity contribution in [3.63, 3.8) is 0 Å². The molecule has 0 N–H and O–H groups in total. The third-order valence-electron chi connectivity index (χ3n) is 3.39. The van der Waals surface area contributed by atoms with Gasteiger partial charge in [0.15, 0.2) is 11.5 Å². The maximum atomic E-state index is 5.73. The number of hydrogen-bond donors (Lipinski definition) is 0. The van der Waals surface area contributed by atoms with Crippen molar-refractivity contribution in [3.05, 3.63) is 58.7 Å². The van der Waals surface area contributed by atoms with Crippen molar-refractivity contribution in [3.8, 4) is 11.5 Å². The first-order valence-electron chi connectivity index (χ1n) is 6.61. The van der Waals surface area contributed by atoms with Crippen molar-refractivity contribution >= 4 is 30.6 Å². The first kappa shape index (κ1) is 16.5. The van der Waals surface area contributed by atoms with Crippen LogP contribution in [-0.2, 0) is 24.5 Å². The molecule has 0 aliphatic rings. The van der Waals surface area contributed by atoms with Crippen LogP contribution < -0.4 is 9.05 Å². The van der Waals surface area contributed by atoms with Gasteiger partial charge in [0, 0.05) is 0 Å². The van der Waals surface area contributed by atoms with Crippen LogP contribution in [0.4, 0.5) is 0 Å². The molecule has 0 spiro atoms. The second-order valence-corrected chi connectivity index (χ2v) is 9.96. The Hall–Kier alpha value is -0.830. The SMILES string of the molecule is Cc1ccc(O[P+]([S-])([S-])Oc2ccc(C)c(C)c2)cc1C. The largest absolute Gasteiger partial charge is 0.496 e. The van der Waals surface area contributed by atoms with Crippen LogP contribution in [0.25, 0.3) is 0 Å². The third-order valence-corrected chi connectivity index (χ3v) is 5.15. The van der Waals surface area contributed by atoms with Crippen LogP contribution >= 0.6 is 6.12 Å². The summed E-state index contributed by atoms with van der Waals surface area (Å²) in [7, 11) is 0. The molecule has 2 nitrogen and oxygen atoms in total. The minimum atomic E-state index is -2.79. The Morgan fingerprint density at radius 2 is 1.05 bits per heavy atom. The van der Waals surface area contributed by atoms with Gasteiger partial charge in [0.1, 0.15) is 6.12 Å². The molecule has 0 amide bonds. The molecule has 112 valence electrons. The van der Waals surface area contributed by atoms with Crippen LogP contribution in [0.3, 0.4) is 0 Å². The maximum absolute atomic E-state index is 5.73. The highest BCUT2D eigenvalue weighted by Crippen LogP contribution is 2.56. The highest BCUT2D eigenvalue weighted by atomic mass is 33.1. The molecule has 2 aromatic carbocycles. The van der Waals surface area contributed by atoms with Crippen LogP contribution in [0, 0.1) is 27.7 Å². The van der Waals surface area contributed by atoms with Crippen LogP contribution in [0.1, 0.15) is 22.3 Å². The monoisotopic (exact) mass is 337 g/mol. The van der Waals surface area contributed by atoms with E-state index in [4.69, 9.17) is 33.5 Å². The van der Waals surface area contributed by atoms with Gasteiger partial charge in [0.25, 0.3) is 0 Å². The quantitative estimate of drug-likeness (QED) is 0.567. The van der Waals surface area contributed by atoms with E-state index >= 15 is 0 Å². The van der Waals surface area contributed by atoms with Gasteiger partial charge in [0.05, 0.1) is 0 Å². The third kappa shape index (κ3) is 4.57. The van der Waals surface area contributed by atoms with Crippen molar-refractivity contribution in [1.82, 2.24) is 0 Å². The Balaban J connectivity index is 2.13. The molecule has 0 unspecified atom stereocenters. The summed E-state index contributed by atoms with van der Waals surface area (Å²) < 4.78 is 11.5. The lowest BCUT2D eigenvalue weighted by atomic mass is 10.1. The van der Waals surface area contributed by atoms with E-state index in [9.17, 15) is 0 Å². The number of rotatable bonds is 4. The van der Waals surface area contributed by atoms with Crippen molar-refractivity contribution in [2.24, 2.45) is 0 Å². The second kappa shape index (κ2) is 6.51. The molecule has 0 saturated carbocycles. The van der Waals surface area contributed by atoms with Gasteiger partial charge in [-0.3, -0.25) is 0 Å². The van der Waals surface area contributed by atoms with Crippen molar-refractivity contribution in [2.45, 2.75) is 27.7 Å². The van der Waals surface area contributed by atoms with Gasteiger partial charge < -0.3 is 33.5 Å². The van der Waals surface area contributed by atoms with Gasteiger partial charge >= 0.3 is 0 Å². The Labute approximate surface area is 137 Å². The van der Waals surface area contributed by atoms with Crippen molar-refractivity contribution < 1.29 is 9.05 Å². The van der Waals surface area contributed by atoms with Crippen LogP contribution in [-0.4, -0.2) is 0 Å².